The first kappa shape index (κ1) is 17.5. The van der Waals surface area contributed by atoms with E-state index >= 15 is 0 Å². The van der Waals surface area contributed by atoms with Gasteiger partial charge in [0.15, 0.2) is 6.10 Å². The van der Waals surface area contributed by atoms with Gasteiger partial charge in [-0.3, -0.25) is 4.79 Å². The third-order valence-corrected chi connectivity index (χ3v) is 4.33. The normalized spacial score (nSPS) is 12.2. The number of aromatic nitrogens is 1. The molecule has 0 saturated carbocycles. The Morgan fingerprint density at radius 2 is 1.72 bits per heavy atom. The number of carbonyl (C=O) groups is 2. The molecule has 25 heavy (non-hydrogen) atoms. The number of esters is 1. The molecule has 0 radical (unpaired) electrons. The van der Waals surface area contributed by atoms with E-state index in [2.05, 4.69) is 4.98 Å². The van der Waals surface area contributed by atoms with Crippen molar-refractivity contribution in [2.24, 2.45) is 0 Å². The van der Waals surface area contributed by atoms with Crippen LogP contribution in [0.5, 0.6) is 0 Å². The summed E-state index contributed by atoms with van der Waals surface area (Å²) in [5.74, 6) is -0.917. The summed E-state index contributed by atoms with van der Waals surface area (Å²) in [6, 6.07) is 11.9. The molecule has 1 atom stereocenters. The zero-order valence-corrected chi connectivity index (χ0v) is 15.1. The van der Waals surface area contributed by atoms with Crippen molar-refractivity contribution in [1.82, 2.24) is 4.98 Å². The number of ether oxygens (including phenoxy) is 1. The van der Waals surface area contributed by atoms with E-state index < -0.39 is 12.1 Å². The van der Waals surface area contributed by atoms with Crippen LogP contribution in [0.25, 0.3) is 10.9 Å². The number of hydrogen-bond donors (Lipinski definition) is 1. The first-order valence-corrected chi connectivity index (χ1v) is 8.41. The third-order valence-electron chi connectivity index (χ3n) is 3.89. The largest absolute Gasteiger partial charge is 0.451 e. The van der Waals surface area contributed by atoms with E-state index in [1.54, 1.807) is 6.92 Å². The van der Waals surface area contributed by atoms with Crippen molar-refractivity contribution in [3.8, 4) is 0 Å². The maximum atomic E-state index is 12.8. The summed E-state index contributed by atoms with van der Waals surface area (Å²) in [5, 5.41) is 1.45. The summed E-state index contributed by atoms with van der Waals surface area (Å²) in [6.07, 6.45) is -0.942. The molecule has 3 aromatic rings. The Morgan fingerprint density at radius 3 is 2.40 bits per heavy atom. The van der Waals surface area contributed by atoms with Crippen LogP contribution >= 0.6 is 23.2 Å². The molecule has 1 N–H and O–H groups in total. The van der Waals surface area contributed by atoms with Gasteiger partial charge in [-0.05, 0) is 38.1 Å². The van der Waals surface area contributed by atoms with Gasteiger partial charge in [0, 0.05) is 32.2 Å². The van der Waals surface area contributed by atoms with Gasteiger partial charge in [0.1, 0.15) is 0 Å². The molecule has 3 rings (SSSR count). The molecule has 0 saturated heterocycles. The van der Waals surface area contributed by atoms with Crippen LogP contribution in [0.15, 0.2) is 42.5 Å². The Hall–Kier alpha value is -2.30. The van der Waals surface area contributed by atoms with Crippen molar-refractivity contribution >= 4 is 45.9 Å². The van der Waals surface area contributed by atoms with Crippen LogP contribution in [0.3, 0.4) is 0 Å². The molecule has 128 valence electrons. The van der Waals surface area contributed by atoms with Crippen LogP contribution in [0.2, 0.25) is 10.0 Å². The van der Waals surface area contributed by atoms with Crippen LogP contribution in [0.1, 0.15) is 33.3 Å². The molecule has 6 heteroatoms. The molecule has 4 nitrogen and oxygen atoms in total. The number of Topliss-reactive ketones (excluding diaryl/α,β-unsaturated/α-hetero) is 1. The molecule has 1 heterocycles. The maximum absolute atomic E-state index is 12.8. The second-order valence-electron chi connectivity index (χ2n) is 5.74. The average molecular weight is 376 g/mol. The Balaban J connectivity index is 1.85. The number of aryl methyl sites for hydroxylation is 1. The predicted molar refractivity (Wildman–Crippen MR) is 98.7 cm³/mol. The van der Waals surface area contributed by atoms with E-state index in [1.165, 1.54) is 18.2 Å². The van der Waals surface area contributed by atoms with E-state index in [4.69, 9.17) is 27.9 Å². The van der Waals surface area contributed by atoms with Crippen molar-refractivity contribution in [1.29, 1.82) is 0 Å². The number of hydrogen-bond acceptors (Lipinski definition) is 3. The number of ketones is 1. The van der Waals surface area contributed by atoms with E-state index in [0.717, 1.165) is 16.6 Å². The van der Waals surface area contributed by atoms with Gasteiger partial charge in [-0.25, -0.2) is 4.79 Å². The number of benzene rings is 2. The van der Waals surface area contributed by atoms with Gasteiger partial charge >= 0.3 is 5.97 Å². The standard InChI is InChI=1S/C19H15Cl2NO3/c1-10-17(15-5-3-4-6-16(15)22-10)18(23)11(2)25-19(24)12-7-13(20)9-14(21)8-12/h3-9,11,22H,1-2H3/t11-/m0/s1. The molecule has 0 aliphatic heterocycles. The fourth-order valence-electron chi connectivity index (χ4n) is 2.75. The minimum Gasteiger partial charge on any atom is -0.451 e. The number of H-pyrrole nitrogens is 1. The van der Waals surface area contributed by atoms with Crippen molar-refractivity contribution < 1.29 is 14.3 Å². The highest BCUT2D eigenvalue weighted by Gasteiger charge is 2.25. The van der Waals surface area contributed by atoms with Crippen molar-refractivity contribution in [3.63, 3.8) is 0 Å². The minimum atomic E-state index is -0.942. The number of fused-ring (bicyclic) bond motifs is 1. The van der Waals surface area contributed by atoms with Crippen LogP contribution < -0.4 is 0 Å². The lowest BCUT2D eigenvalue weighted by Gasteiger charge is -2.13. The number of halogens is 2. The Labute approximate surface area is 154 Å². The minimum absolute atomic E-state index is 0.202. The van der Waals surface area contributed by atoms with Gasteiger partial charge < -0.3 is 9.72 Å². The average Bonchev–Trinajstić information content (AvgIpc) is 2.88. The van der Waals surface area contributed by atoms with Gasteiger partial charge in [-0.2, -0.15) is 0 Å². The van der Waals surface area contributed by atoms with E-state index in [9.17, 15) is 9.59 Å². The summed E-state index contributed by atoms with van der Waals surface area (Å²) in [6.45, 7) is 3.37. The highest BCUT2D eigenvalue weighted by molar-refractivity contribution is 6.35. The smallest absolute Gasteiger partial charge is 0.338 e. The second kappa shape index (κ2) is 6.90. The number of para-hydroxylation sites is 1. The number of carbonyl (C=O) groups excluding carboxylic acids is 2. The highest BCUT2D eigenvalue weighted by Crippen LogP contribution is 2.25. The first-order valence-electron chi connectivity index (χ1n) is 7.65. The first-order chi connectivity index (χ1) is 11.9. The Kier molecular flexibility index (Phi) is 4.84. The SMILES string of the molecule is Cc1[nH]c2ccccc2c1C(=O)[C@H](C)OC(=O)c1cc(Cl)cc(Cl)c1. The second-order valence-corrected chi connectivity index (χ2v) is 6.61. The predicted octanol–water partition coefficient (Wildman–Crippen LogP) is 5.21. The van der Waals surface area contributed by atoms with Crippen molar-refractivity contribution in [2.75, 3.05) is 0 Å². The molecule has 0 fully saturated rings. The van der Waals surface area contributed by atoms with Gasteiger partial charge in [0.25, 0.3) is 0 Å². The molecule has 0 spiro atoms. The van der Waals surface area contributed by atoms with Crippen molar-refractivity contribution in [3.05, 3.63) is 69.3 Å². The molecule has 1 aromatic heterocycles. The van der Waals surface area contributed by atoms with Gasteiger partial charge in [0.05, 0.1) is 5.56 Å². The van der Waals surface area contributed by atoms with Gasteiger partial charge in [-0.15, -0.1) is 0 Å². The molecule has 0 aliphatic carbocycles. The van der Waals surface area contributed by atoms with E-state index in [1.807, 2.05) is 31.2 Å². The summed E-state index contributed by atoms with van der Waals surface area (Å²) in [4.78, 5) is 28.2. The Morgan fingerprint density at radius 1 is 1.08 bits per heavy atom. The maximum Gasteiger partial charge on any atom is 0.338 e. The lowest BCUT2D eigenvalue weighted by atomic mass is 10.0. The zero-order valence-electron chi connectivity index (χ0n) is 13.6. The fourth-order valence-corrected chi connectivity index (χ4v) is 3.28. The van der Waals surface area contributed by atoms with Gasteiger partial charge in [-0.1, -0.05) is 41.4 Å². The van der Waals surface area contributed by atoms with Gasteiger partial charge in [0.2, 0.25) is 5.78 Å². The topological polar surface area (TPSA) is 59.2 Å². The quantitative estimate of drug-likeness (QED) is 0.502. The van der Waals surface area contributed by atoms with Crippen LogP contribution in [0.4, 0.5) is 0 Å². The Bertz CT molecular complexity index is 958. The monoisotopic (exact) mass is 375 g/mol. The summed E-state index contributed by atoms with van der Waals surface area (Å²) in [5.41, 5.74) is 2.33. The lowest BCUT2D eigenvalue weighted by molar-refractivity contribution is 0.0319. The van der Waals surface area contributed by atoms with Crippen LogP contribution in [-0.2, 0) is 4.74 Å². The molecular weight excluding hydrogens is 361 g/mol. The van der Waals surface area contributed by atoms with E-state index in [-0.39, 0.29) is 11.3 Å². The number of aromatic amines is 1. The molecule has 0 unspecified atom stereocenters. The van der Waals surface area contributed by atoms with Crippen LogP contribution in [0, 0.1) is 6.92 Å². The molecular formula is C19H15Cl2NO3. The molecule has 0 aliphatic rings. The summed E-state index contributed by atoms with van der Waals surface area (Å²) >= 11 is 11.8. The fraction of sp³-hybridized carbons (Fsp3) is 0.158. The van der Waals surface area contributed by atoms with E-state index in [0.29, 0.717) is 15.6 Å². The molecule has 0 bridgehead atoms. The zero-order chi connectivity index (χ0) is 18.1. The molecule has 0 amide bonds. The number of nitrogens with one attached hydrogen (secondary N) is 1. The molecule has 2 aromatic carbocycles. The summed E-state index contributed by atoms with van der Waals surface area (Å²) < 4.78 is 5.32. The van der Waals surface area contributed by atoms with Crippen LogP contribution in [-0.4, -0.2) is 22.8 Å². The highest BCUT2D eigenvalue weighted by atomic mass is 35.5. The lowest BCUT2D eigenvalue weighted by Crippen LogP contribution is -2.25. The third kappa shape index (κ3) is 3.55. The number of rotatable bonds is 4. The van der Waals surface area contributed by atoms with Crippen molar-refractivity contribution in [2.45, 2.75) is 20.0 Å². The summed E-state index contributed by atoms with van der Waals surface area (Å²) in [7, 11) is 0.